The summed E-state index contributed by atoms with van der Waals surface area (Å²) in [6.07, 6.45) is 5.64. The van der Waals surface area contributed by atoms with Crippen molar-refractivity contribution in [1.29, 1.82) is 5.26 Å². The average Bonchev–Trinajstić information content (AvgIpc) is 2.88. The van der Waals surface area contributed by atoms with Crippen LogP contribution in [0.15, 0.2) is 0 Å². The molecule has 2 atom stereocenters. The molecule has 2 aliphatic carbocycles. The van der Waals surface area contributed by atoms with Crippen LogP contribution in [-0.2, 0) is 0 Å². The molecule has 1 heterocycles. The van der Waals surface area contributed by atoms with Gasteiger partial charge in [-0.15, -0.1) is 0 Å². The van der Waals surface area contributed by atoms with Gasteiger partial charge in [0.15, 0.2) is 5.82 Å². The van der Waals surface area contributed by atoms with E-state index in [1.165, 1.54) is 6.42 Å². The highest BCUT2D eigenvalue weighted by Crippen LogP contribution is 2.35. The van der Waals surface area contributed by atoms with Crippen LogP contribution in [0.4, 0.5) is 11.6 Å². The highest BCUT2D eigenvalue weighted by atomic mass is 16.3. The van der Waals surface area contributed by atoms with Gasteiger partial charge in [-0.05, 0) is 38.5 Å². The minimum absolute atomic E-state index is 0.0935. The zero-order valence-electron chi connectivity index (χ0n) is 10.8. The van der Waals surface area contributed by atoms with Gasteiger partial charge in [-0.1, -0.05) is 0 Å². The lowest BCUT2D eigenvalue weighted by Crippen LogP contribution is -2.27. The number of aromatic nitrogens is 2. The van der Waals surface area contributed by atoms with E-state index >= 15 is 0 Å². The van der Waals surface area contributed by atoms with Crippen LogP contribution in [0.2, 0.25) is 0 Å². The van der Waals surface area contributed by atoms with E-state index in [9.17, 15) is 10.4 Å². The van der Waals surface area contributed by atoms with Crippen molar-refractivity contribution in [3.05, 3.63) is 5.56 Å². The van der Waals surface area contributed by atoms with Gasteiger partial charge in [0, 0.05) is 6.04 Å². The van der Waals surface area contributed by atoms with Crippen molar-refractivity contribution in [2.75, 3.05) is 11.1 Å². The Morgan fingerprint density at radius 1 is 1.32 bits per heavy atom. The van der Waals surface area contributed by atoms with Crippen LogP contribution < -0.4 is 11.1 Å². The molecule has 0 aliphatic heterocycles. The van der Waals surface area contributed by atoms with Gasteiger partial charge >= 0.3 is 0 Å². The summed E-state index contributed by atoms with van der Waals surface area (Å²) in [5.74, 6) is 0.944. The summed E-state index contributed by atoms with van der Waals surface area (Å²) in [6, 6.07) is 2.44. The van der Waals surface area contributed by atoms with Gasteiger partial charge in [0.2, 0.25) is 0 Å². The number of nitrogens with zero attached hydrogens (tertiary/aromatic N) is 3. The number of hydrogen-bond donors (Lipinski definition) is 3. The van der Waals surface area contributed by atoms with Crippen molar-refractivity contribution < 1.29 is 5.11 Å². The van der Waals surface area contributed by atoms with Gasteiger partial charge in [0.05, 0.1) is 12.1 Å². The Hall–Kier alpha value is -1.74. The molecule has 3 rings (SSSR count). The second-order valence-corrected chi connectivity index (χ2v) is 5.50. The highest BCUT2D eigenvalue weighted by Gasteiger charge is 2.31. The maximum absolute atomic E-state index is 9.96. The van der Waals surface area contributed by atoms with E-state index in [2.05, 4.69) is 16.5 Å². The molecule has 0 aromatic carbocycles. The Bertz CT molecular complexity index is 514. The fraction of sp³-hybridized carbons (Fsp3) is 0.692. The molecule has 1 aromatic rings. The summed E-state index contributed by atoms with van der Waals surface area (Å²) >= 11 is 0. The van der Waals surface area contributed by atoms with Gasteiger partial charge in [-0.2, -0.15) is 10.4 Å². The minimum Gasteiger partial charge on any atom is -0.391 e. The van der Waals surface area contributed by atoms with Crippen LogP contribution >= 0.6 is 0 Å². The fourth-order valence-electron chi connectivity index (χ4n) is 2.86. The molecule has 0 spiro atoms. The first kappa shape index (κ1) is 12.3. The predicted molar refractivity (Wildman–Crippen MR) is 71.5 cm³/mol. The molecule has 1 aromatic heterocycles. The standard InChI is InChI=1S/C13H19N5O/c14-7-9-12(15)18(10-5-2-6-11(10)19)17-13(9)16-8-3-1-4-8/h8,10-11,19H,1-6,15H2,(H,16,17). The number of anilines is 2. The zero-order valence-corrected chi connectivity index (χ0v) is 10.8. The molecule has 0 bridgehead atoms. The third-order valence-electron chi connectivity index (χ3n) is 4.26. The first-order valence-corrected chi connectivity index (χ1v) is 6.93. The lowest BCUT2D eigenvalue weighted by atomic mass is 9.93. The number of hydrogen-bond acceptors (Lipinski definition) is 5. The Morgan fingerprint density at radius 3 is 2.58 bits per heavy atom. The highest BCUT2D eigenvalue weighted by molar-refractivity contribution is 5.64. The molecule has 6 heteroatoms. The third kappa shape index (κ3) is 2.04. The molecule has 0 saturated heterocycles. The minimum atomic E-state index is -0.412. The second kappa shape index (κ2) is 4.74. The number of rotatable bonds is 3. The van der Waals surface area contributed by atoms with E-state index in [4.69, 9.17) is 5.73 Å². The van der Waals surface area contributed by atoms with Crippen molar-refractivity contribution in [1.82, 2.24) is 9.78 Å². The van der Waals surface area contributed by atoms with E-state index in [-0.39, 0.29) is 6.04 Å². The number of nitrogens with two attached hydrogens (primary N) is 1. The number of nitriles is 1. The molecule has 4 N–H and O–H groups in total. The smallest absolute Gasteiger partial charge is 0.168 e. The Kier molecular flexibility index (Phi) is 3.07. The first-order chi connectivity index (χ1) is 9.20. The SMILES string of the molecule is N#Cc1c(NC2CCC2)nn(C2CCCC2O)c1N. The topological polar surface area (TPSA) is 99.9 Å². The quantitative estimate of drug-likeness (QED) is 0.763. The van der Waals surface area contributed by atoms with Crippen molar-refractivity contribution in [2.24, 2.45) is 0 Å². The monoisotopic (exact) mass is 261 g/mol. The molecule has 2 fully saturated rings. The van der Waals surface area contributed by atoms with Gasteiger partial charge in [0.1, 0.15) is 17.5 Å². The maximum atomic E-state index is 9.96. The lowest BCUT2D eigenvalue weighted by molar-refractivity contribution is 0.131. The molecule has 2 saturated carbocycles. The summed E-state index contributed by atoms with van der Waals surface area (Å²) in [4.78, 5) is 0. The van der Waals surface area contributed by atoms with E-state index in [1.54, 1.807) is 4.68 Å². The van der Waals surface area contributed by atoms with Crippen LogP contribution in [0.5, 0.6) is 0 Å². The first-order valence-electron chi connectivity index (χ1n) is 6.93. The molecule has 2 aliphatic rings. The summed E-state index contributed by atoms with van der Waals surface area (Å²) in [7, 11) is 0. The largest absolute Gasteiger partial charge is 0.391 e. The second-order valence-electron chi connectivity index (χ2n) is 5.50. The fourth-order valence-corrected chi connectivity index (χ4v) is 2.86. The van der Waals surface area contributed by atoms with Crippen molar-refractivity contribution >= 4 is 11.6 Å². The molecule has 19 heavy (non-hydrogen) atoms. The van der Waals surface area contributed by atoms with Crippen LogP contribution in [-0.4, -0.2) is 27.0 Å². The summed E-state index contributed by atoms with van der Waals surface area (Å²) < 4.78 is 1.64. The Balaban J connectivity index is 1.90. The van der Waals surface area contributed by atoms with Gasteiger partial charge < -0.3 is 16.2 Å². The lowest BCUT2D eigenvalue weighted by Gasteiger charge is -2.26. The van der Waals surface area contributed by atoms with Crippen LogP contribution in [0.3, 0.4) is 0 Å². The van der Waals surface area contributed by atoms with Crippen LogP contribution in [0.1, 0.15) is 50.1 Å². The zero-order chi connectivity index (χ0) is 13.4. The predicted octanol–water partition coefficient (Wildman–Crippen LogP) is 1.39. The number of aliphatic hydroxyl groups is 1. The van der Waals surface area contributed by atoms with Crippen LogP contribution in [0, 0.1) is 11.3 Å². The van der Waals surface area contributed by atoms with E-state index in [0.29, 0.717) is 23.2 Å². The van der Waals surface area contributed by atoms with Crippen LogP contribution in [0.25, 0.3) is 0 Å². The molecular weight excluding hydrogens is 242 g/mol. The summed E-state index contributed by atoms with van der Waals surface area (Å²) in [5.41, 5.74) is 6.43. The number of aliphatic hydroxyl groups excluding tert-OH is 1. The molecule has 6 nitrogen and oxygen atoms in total. The molecule has 0 amide bonds. The third-order valence-corrected chi connectivity index (χ3v) is 4.26. The summed E-state index contributed by atoms with van der Waals surface area (Å²) in [5, 5.41) is 26.9. The van der Waals surface area contributed by atoms with Crippen molar-refractivity contribution in [3.8, 4) is 6.07 Å². The molecule has 0 radical (unpaired) electrons. The maximum Gasteiger partial charge on any atom is 0.168 e. The van der Waals surface area contributed by atoms with Gasteiger partial charge in [0.25, 0.3) is 0 Å². The molecule has 2 unspecified atom stereocenters. The van der Waals surface area contributed by atoms with Gasteiger partial charge in [-0.3, -0.25) is 0 Å². The normalized spacial score (nSPS) is 26.9. The Labute approximate surface area is 112 Å². The number of nitrogen functional groups attached to an aromatic ring is 1. The van der Waals surface area contributed by atoms with E-state index < -0.39 is 6.10 Å². The summed E-state index contributed by atoms with van der Waals surface area (Å²) in [6.45, 7) is 0. The average molecular weight is 261 g/mol. The van der Waals surface area contributed by atoms with Crippen molar-refractivity contribution in [2.45, 2.75) is 56.7 Å². The molecule has 102 valence electrons. The van der Waals surface area contributed by atoms with Crippen molar-refractivity contribution in [3.63, 3.8) is 0 Å². The molecular formula is C13H19N5O. The van der Waals surface area contributed by atoms with E-state index in [1.807, 2.05) is 0 Å². The number of nitrogens with one attached hydrogen (secondary N) is 1. The van der Waals surface area contributed by atoms with E-state index in [0.717, 1.165) is 32.1 Å². The Morgan fingerprint density at radius 2 is 2.05 bits per heavy atom. The van der Waals surface area contributed by atoms with Gasteiger partial charge in [-0.25, -0.2) is 4.68 Å².